The fourth-order valence-corrected chi connectivity index (χ4v) is 2.51. The number of alkyl halides is 6. The van der Waals surface area contributed by atoms with Gasteiger partial charge in [-0.15, -0.1) is 0 Å². The second-order valence-electron chi connectivity index (χ2n) is 5.17. The molecule has 3 nitrogen and oxygen atoms in total. The second-order valence-corrected chi connectivity index (χ2v) is 5.17. The minimum atomic E-state index is -5.72. The van der Waals surface area contributed by atoms with Crippen molar-refractivity contribution >= 4 is 6.09 Å². The molecule has 1 aromatic rings. The molecule has 0 aromatic heterocycles. The average Bonchev–Trinajstić information content (AvgIpc) is 2.42. The molecule has 128 valence electrons. The van der Waals surface area contributed by atoms with Gasteiger partial charge >= 0.3 is 18.4 Å². The Morgan fingerprint density at radius 1 is 1.17 bits per heavy atom. The Morgan fingerprint density at radius 3 is 2.30 bits per heavy atom. The van der Waals surface area contributed by atoms with Crippen molar-refractivity contribution in [1.29, 1.82) is 0 Å². The molecule has 23 heavy (non-hydrogen) atoms. The number of hydrogen-bond acceptors (Lipinski definition) is 2. The fraction of sp³-hybridized carbons (Fsp3) is 0.500. The summed E-state index contributed by atoms with van der Waals surface area (Å²) in [5.41, 5.74) is 1.57. The Labute approximate surface area is 127 Å². The van der Waals surface area contributed by atoms with E-state index in [0.29, 0.717) is 12.0 Å². The van der Waals surface area contributed by atoms with Gasteiger partial charge in [0.05, 0.1) is 6.04 Å². The van der Waals surface area contributed by atoms with Crippen LogP contribution in [0.25, 0.3) is 0 Å². The van der Waals surface area contributed by atoms with Crippen LogP contribution in [0.1, 0.15) is 24.1 Å². The number of carbonyl (C=O) groups excluding carboxylic acids is 1. The summed E-state index contributed by atoms with van der Waals surface area (Å²) in [7, 11) is 0. The van der Waals surface area contributed by atoms with Crippen molar-refractivity contribution in [3.05, 3.63) is 35.4 Å². The third-order valence-corrected chi connectivity index (χ3v) is 3.64. The van der Waals surface area contributed by atoms with Crippen LogP contribution in [0.5, 0.6) is 0 Å². The van der Waals surface area contributed by atoms with Crippen LogP contribution < -0.4 is 0 Å². The van der Waals surface area contributed by atoms with Crippen molar-refractivity contribution in [1.82, 2.24) is 4.90 Å². The SMILES string of the molecule is CC1c2ccccc2CCN1C(=O)OC(C(F)(F)F)C(F)(F)F. The van der Waals surface area contributed by atoms with E-state index in [1.165, 1.54) is 6.92 Å². The predicted molar refractivity (Wildman–Crippen MR) is 67.6 cm³/mol. The molecule has 0 saturated carbocycles. The van der Waals surface area contributed by atoms with E-state index >= 15 is 0 Å². The Bertz CT molecular complexity index is 569. The molecule has 0 fully saturated rings. The van der Waals surface area contributed by atoms with Gasteiger partial charge in [-0.3, -0.25) is 0 Å². The number of ether oxygens (including phenoxy) is 1. The zero-order valence-corrected chi connectivity index (χ0v) is 11.9. The Balaban J connectivity index is 2.18. The van der Waals surface area contributed by atoms with E-state index in [1.54, 1.807) is 24.3 Å². The third kappa shape index (κ3) is 3.70. The molecule has 2 rings (SSSR count). The summed E-state index contributed by atoms with van der Waals surface area (Å²) in [6.45, 7) is 1.51. The molecule has 1 heterocycles. The Hall–Kier alpha value is -1.93. The van der Waals surface area contributed by atoms with Gasteiger partial charge in [-0.25, -0.2) is 4.79 Å². The van der Waals surface area contributed by atoms with E-state index < -0.39 is 30.6 Å². The Kier molecular flexibility index (Phi) is 4.50. The predicted octanol–water partition coefficient (Wildman–Crippen LogP) is 4.24. The molecule has 0 aliphatic carbocycles. The summed E-state index contributed by atoms with van der Waals surface area (Å²) in [6, 6.07) is 6.24. The summed E-state index contributed by atoms with van der Waals surface area (Å²) >= 11 is 0. The first-order valence-electron chi connectivity index (χ1n) is 6.70. The number of rotatable bonds is 1. The summed E-state index contributed by atoms with van der Waals surface area (Å²) in [5.74, 6) is 0. The van der Waals surface area contributed by atoms with Crippen LogP contribution in [0.15, 0.2) is 24.3 Å². The number of nitrogens with zero attached hydrogens (tertiary/aromatic N) is 1. The topological polar surface area (TPSA) is 29.5 Å². The maximum absolute atomic E-state index is 12.5. The van der Waals surface area contributed by atoms with E-state index in [1.807, 2.05) is 0 Å². The van der Waals surface area contributed by atoms with Crippen molar-refractivity contribution in [2.75, 3.05) is 6.54 Å². The van der Waals surface area contributed by atoms with E-state index in [9.17, 15) is 31.1 Å². The van der Waals surface area contributed by atoms with Crippen molar-refractivity contribution in [3.63, 3.8) is 0 Å². The van der Waals surface area contributed by atoms with Gasteiger partial charge in [0, 0.05) is 6.54 Å². The highest BCUT2D eigenvalue weighted by atomic mass is 19.4. The molecular formula is C14H13F6NO2. The highest BCUT2D eigenvalue weighted by molar-refractivity contribution is 5.69. The number of benzene rings is 1. The maximum atomic E-state index is 12.5. The third-order valence-electron chi connectivity index (χ3n) is 3.64. The lowest BCUT2D eigenvalue weighted by molar-refractivity contribution is -0.308. The van der Waals surface area contributed by atoms with Gasteiger partial charge in [-0.05, 0) is 24.5 Å². The molecule has 1 atom stereocenters. The summed E-state index contributed by atoms with van der Waals surface area (Å²) in [4.78, 5) is 12.7. The standard InChI is InChI=1S/C14H13F6NO2/c1-8-10-5-3-2-4-9(10)6-7-21(8)12(22)23-11(13(15,16)17)14(18,19)20/h2-5,8,11H,6-7H2,1H3. The first-order valence-corrected chi connectivity index (χ1v) is 6.70. The van der Waals surface area contributed by atoms with Gasteiger partial charge in [0.1, 0.15) is 0 Å². The summed E-state index contributed by atoms with van der Waals surface area (Å²) in [6.07, 6.45) is -16.9. The molecule has 1 amide bonds. The first kappa shape index (κ1) is 17.4. The molecular weight excluding hydrogens is 328 g/mol. The largest absolute Gasteiger partial charge is 0.434 e. The molecule has 0 saturated heterocycles. The van der Waals surface area contributed by atoms with Gasteiger partial charge in [0.2, 0.25) is 0 Å². The van der Waals surface area contributed by atoms with Crippen molar-refractivity contribution < 1.29 is 35.9 Å². The minimum Gasteiger partial charge on any atom is -0.426 e. The molecule has 1 unspecified atom stereocenters. The number of carbonyl (C=O) groups is 1. The van der Waals surface area contributed by atoms with Gasteiger partial charge in [0.15, 0.2) is 0 Å². The highest BCUT2D eigenvalue weighted by Crippen LogP contribution is 2.37. The van der Waals surface area contributed by atoms with Crippen LogP contribution in [0, 0.1) is 0 Å². The zero-order valence-electron chi connectivity index (χ0n) is 11.9. The molecule has 1 aromatic carbocycles. The van der Waals surface area contributed by atoms with E-state index in [-0.39, 0.29) is 6.54 Å². The normalized spacial score (nSPS) is 18.8. The van der Waals surface area contributed by atoms with E-state index in [0.717, 1.165) is 10.5 Å². The van der Waals surface area contributed by atoms with Crippen LogP contribution in [0.3, 0.4) is 0 Å². The molecule has 1 aliphatic heterocycles. The van der Waals surface area contributed by atoms with Gasteiger partial charge in [-0.2, -0.15) is 26.3 Å². The van der Waals surface area contributed by atoms with E-state index in [2.05, 4.69) is 4.74 Å². The molecule has 0 bridgehead atoms. The molecule has 0 N–H and O–H groups in total. The lowest BCUT2D eigenvalue weighted by atomic mass is 9.94. The van der Waals surface area contributed by atoms with Gasteiger partial charge in [-0.1, -0.05) is 24.3 Å². The highest BCUT2D eigenvalue weighted by Gasteiger charge is 2.60. The number of amides is 1. The Morgan fingerprint density at radius 2 is 1.74 bits per heavy atom. The molecule has 0 radical (unpaired) electrons. The summed E-state index contributed by atoms with van der Waals surface area (Å²) < 4.78 is 78.5. The monoisotopic (exact) mass is 341 g/mol. The van der Waals surface area contributed by atoms with Gasteiger partial charge < -0.3 is 9.64 Å². The van der Waals surface area contributed by atoms with Gasteiger partial charge in [0.25, 0.3) is 6.10 Å². The van der Waals surface area contributed by atoms with Crippen LogP contribution in [-0.2, 0) is 11.2 Å². The van der Waals surface area contributed by atoms with Crippen LogP contribution in [0.4, 0.5) is 31.1 Å². The second kappa shape index (κ2) is 5.93. The lowest BCUT2D eigenvalue weighted by Gasteiger charge is -2.35. The minimum absolute atomic E-state index is 0.0144. The zero-order chi connectivity index (χ0) is 17.4. The van der Waals surface area contributed by atoms with E-state index in [4.69, 9.17) is 0 Å². The van der Waals surface area contributed by atoms with Crippen LogP contribution in [-0.4, -0.2) is 36.0 Å². The smallest absolute Gasteiger partial charge is 0.426 e. The van der Waals surface area contributed by atoms with Crippen LogP contribution >= 0.6 is 0 Å². The molecule has 9 heteroatoms. The fourth-order valence-electron chi connectivity index (χ4n) is 2.51. The average molecular weight is 341 g/mol. The quantitative estimate of drug-likeness (QED) is 0.715. The molecule has 1 aliphatic rings. The van der Waals surface area contributed by atoms with Crippen molar-refractivity contribution in [2.24, 2.45) is 0 Å². The summed E-state index contributed by atoms with van der Waals surface area (Å²) in [5, 5.41) is 0. The van der Waals surface area contributed by atoms with Crippen molar-refractivity contribution in [2.45, 2.75) is 37.8 Å². The van der Waals surface area contributed by atoms with Crippen molar-refractivity contribution in [3.8, 4) is 0 Å². The first-order chi connectivity index (χ1) is 10.5. The number of fused-ring (bicyclic) bond motifs is 1. The van der Waals surface area contributed by atoms with Crippen LogP contribution in [0.2, 0.25) is 0 Å². The maximum Gasteiger partial charge on any atom is 0.434 e. The number of halogens is 6. The lowest BCUT2D eigenvalue weighted by Crippen LogP contribution is -2.49. The molecule has 0 spiro atoms. The number of hydrogen-bond donors (Lipinski definition) is 0.